The van der Waals surface area contributed by atoms with Crippen molar-refractivity contribution in [1.29, 1.82) is 0 Å². The Hall–Kier alpha value is -4.23. The molecule has 40 heavy (non-hydrogen) atoms. The number of aryl methyl sites for hydroxylation is 2. The van der Waals surface area contributed by atoms with Gasteiger partial charge in [0.15, 0.2) is 0 Å². The second-order valence-corrected chi connectivity index (χ2v) is 8.70. The van der Waals surface area contributed by atoms with E-state index in [0.29, 0.717) is 28.9 Å². The van der Waals surface area contributed by atoms with Gasteiger partial charge in [0.05, 0.1) is 19.3 Å². The van der Waals surface area contributed by atoms with Crippen LogP contribution in [0, 0.1) is 13.8 Å². The summed E-state index contributed by atoms with van der Waals surface area (Å²) < 4.78 is 21.0. The topological polar surface area (TPSA) is 88.1 Å². The third-order valence-electron chi connectivity index (χ3n) is 5.48. The Labute approximate surface area is 237 Å². The van der Waals surface area contributed by atoms with Crippen LogP contribution in [0.4, 0.5) is 0 Å². The Morgan fingerprint density at radius 3 is 1.93 bits per heavy atom. The molecule has 0 radical (unpaired) electrons. The van der Waals surface area contributed by atoms with E-state index in [-0.39, 0.29) is 5.97 Å². The zero-order valence-corrected chi connectivity index (χ0v) is 23.9. The van der Waals surface area contributed by atoms with Crippen molar-refractivity contribution in [3.63, 3.8) is 0 Å². The Morgan fingerprint density at radius 1 is 0.800 bits per heavy atom. The Kier molecular flexibility index (Phi) is 17.5. The first-order valence-corrected chi connectivity index (χ1v) is 13.0. The monoisotopic (exact) mass is 548 g/mol. The van der Waals surface area contributed by atoms with Crippen molar-refractivity contribution in [1.82, 2.24) is 0 Å². The fourth-order valence-electron chi connectivity index (χ4n) is 3.33. The smallest absolute Gasteiger partial charge is 0.343 e. The number of rotatable bonds is 13. The first-order valence-electron chi connectivity index (χ1n) is 13.0. The third kappa shape index (κ3) is 14.1. The summed E-state index contributed by atoms with van der Waals surface area (Å²) >= 11 is 0. The molecular formula is C33H40O7. The highest BCUT2D eigenvalue weighted by molar-refractivity contribution is 5.91. The predicted molar refractivity (Wildman–Crippen MR) is 158 cm³/mol. The first kappa shape index (κ1) is 33.8. The van der Waals surface area contributed by atoms with Crippen molar-refractivity contribution >= 4 is 18.5 Å². The van der Waals surface area contributed by atoms with Crippen LogP contribution < -0.4 is 14.2 Å². The van der Waals surface area contributed by atoms with Crippen molar-refractivity contribution in [2.45, 2.75) is 39.5 Å². The second-order valence-electron chi connectivity index (χ2n) is 8.70. The summed E-state index contributed by atoms with van der Waals surface area (Å²) in [5.41, 5.74) is 3.27. The number of carbonyl (C=O) groups excluding carboxylic acids is 3. The van der Waals surface area contributed by atoms with E-state index in [1.165, 1.54) is 12.5 Å². The Balaban J connectivity index is 0.000000355. The van der Waals surface area contributed by atoms with E-state index in [4.69, 9.17) is 23.7 Å². The van der Waals surface area contributed by atoms with Crippen molar-refractivity contribution in [2.24, 2.45) is 0 Å². The number of aldehydes is 2. The molecule has 0 spiro atoms. The number of methoxy groups -OCH3 is 2. The van der Waals surface area contributed by atoms with Gasteiger partial charge >= 0.3 is 5.97 Å². The minimum absolute atomic E-state index is 0.366. The minimum Gasteiger partial charge on any atom is -0.497 e. The van der Waals surface area contributed by atoms with E-state index in [0.717, 1.165) is 55.6 Å². The lowest BCUT2D eigenvalue weighted by atomic mass is 10.1. The fourth-order valence-corrected chi connectivity index (χ4v) is 3.33. The number of allylic oxidation sites excluding steroid dienone is 1. The van der Waals surface area contributed by atoms with E-state index in [9.17, 15) is 9.59 Å². The van der Waals surface area contributed by atoms with E-state index < -0.39 is 0 Å². The van der Waals surface area contributed by atoms with Crippen LogP contribution in [-0.2, 0) is 9.53 Å². The van der Waals surface area contributed by atoms with Gasteiger partial charge in [0.1, 0.15) is 29.8 Å². The summed E-state index contributed by atoms with van der Waals surface area (Å²) in [4.78, 5) is 31.5. The Bertz CT molecular complexity index is 1150. The summed E-state index contributed by atoms with van der Waals surface area (Å²) in [6.45, 7) is 8.60. The number of hydrogen-bond donors (Lipinski definition) is 0. The van der Waals surface area contributed by atoms with E-state index in [1.807, 2.05) is 44.2 Å². The van der Waals surface area contributed by atoms with Gasteiger partial charge in [-0.05, 0) is 99.3 Å². The van der Waals surface area contributed by atoms with Crippen LogP contribution >= 0.6 is 0 Å². The van der Waals surface area contributed by atoms with Gasteiger partial charge in [-0.25, -0.2) is 4.79 Å². The van der Waals surface area contributed by atoms with Gasteiger partial charge in [-0.3, -0.25) is 9.59 Å². The van der Waals surface area contributed by atoms with Crippen molar-refractivity contribution < 1.29 is 33.3 Å². The molecule has 0 heterocycles. The highest BCUT2D eigenvalue weighted by atomic mass is 16.5. The number of benzene rings is 3. The van der Waals surface area contributed by atoms with Crippen LogP contribution in [-0.4, -0.2) is 46.0 Å². The zero-order valence-electron chi connectivity index (χ0n) is 23.9. The summed E-state index contributed by atoms with van der Waals surface area (Å²) in [5, 5.41) is 0. The maximum absolute atomic E-state index is 12.0. The molecule has 0 aliphatic rings. The van der Waals surface area contributed by atoms with Crippen molar-refractivity contribution in [3.05, 3.63) is 102 Å². The van der Waals surface area contributed by atoms with Crippen molar-refractivity contribution in [2.75, 3.05) is 27.4 Å². The van der Waals surface area contributed by atoms with Gasteiger partial charge < -0.3 is 18.9 Å². The maximum atomic E-state index is 12.0. The first-order chi connectivity index (χ1) is 19.4. The van der Waals surface area contributed by atoms with Crippen molar-refractivity contribution in [3.8, 4) is 17.2 Å². The summed E-state index contributed by atoms with van der Waals surface area (Å²) in [5.74, 6) is 1.76. The van der Waals surface area contributed by atoms with Crippen LogP contribution in [0.3, 0.4) is 0 Å². The van der Waals surface area contributed by atoms with E-state index >= 15 is 0 Å². The predicted octanol–water partition coefficient (Wildman–Crippen LogP) is 6.99. The van der Waals surface area contributed by atoms with Crippen LogP contribution in [0.2, 0.25) is 0 Å². The molecule has 3 aromatic carbocycles. The molecule has 0 unspecified atom stereocenters. The lowest BCUT2D eigenvalue weighted by Gasteiger charge is -2.08. The molecule has 0 amide bonds. The fraction of sp³-hybridized carbons (Fsp3) is 0.303. The molecule has 0 N–H and O–H groups in total. The molecule has 0 aliphatic carbocycles. The van der Waals surface area contributed by atoms with Gasteiger partial charge in [0.2, 0.25) is 0 Å². The Morgan fingerprint density at radius 2 is 1.40 bits per heavy atom. The summed E-state index contributed by atoms with van der Waals surface area (Å²) in [7, 11) is 3.31. The molecule has 7 nitrogen and oxygen atoms in total. The molecule has 3 rings (SSSR count). The minimum atomic E-state index is -0.366. The van der Waals surface area contributed by atoms with E-state index in [1.54, 1.807) is 50.6 Å². The normalized spacial score (nSPS) is 9.60. The van der Waals surface area contributed by atoms with Gasteiger partial charge in [-0.1, -0.05) is 30.7 Å². The van der Waals surface area contributed by atoms with Gasteiger partial charge in [0.25, 0.3) is 0 Å². The van der Waals surface area contributed by atoms with Gasteiger partial charge in [-0.2, -0.15) is 0 Å². The zero-order chi connectivity index (χ0) is 29.6. The molecular weight excluding hydrogens is 508 g/mol. The number of hydrogen-bond acceptors (Lipinski definition) is 7. The lowest BCUT2D eigenvalue weighted by molar-refractivity contribution is -0.104. The lowest BCUT2D eigenvalue weighted by Crippen LogP contribution is -2.09. The molecule has 0 bridgehead atoms. The maximum Gasteiger partial charge on any atom is 0.343 e. The number of ether oxygens (including phenoxy) is 4. The molecule has 0 saturated heterocycles. The quantitative estimate of drug-likeness (QED) is 0.0748. The highest BCUT2D eigenvalue weighted by Gasteiger charge is 2.10. The molecule has 214 valence electrons. The average molecular weight is 549 g/mol. The SMILES string of the molecule is C=CC=O.COCCCCCCOc1ccc(C=O)cc1.COc1ccc(C(=O)Oc2ccc(C)cc2C)cc1. The summed E-state index contributed by atoms with van der Waals surface area (Å²) in [6, 6.07) is 19.7. The van der Waals surface area contributed by atoms with Gasteiger partial charge in [-0.15, -0.1) is 0 Å². The molecule has 0 aliphatic heterocycles. The van der Waals surface area contributed by atoms with Gasteiger partial charge in [0, 0.05) is 19.3 Å². The molecule has 0 aromatic heterocycles. The van der Waals surface area contributed by atoms with Crippen LogP contribution in [0.1, 0.15) is 57.5 Å². The van der Waals surface area contributed by atoms with Crippen LogP contribution in [0.15, 0.2) is 79.4 Å². The van der Waals surface area contributed by atoms with Crippen LogP contribution in [0.5, 0.6) is 17.2 Å². The molecule has 7 heteroatoms. The standard InChI is InChI=1S/C16H16O3.C14H20O3.C3H4O/c1-11-4-9-15(12(2)10-11)19-16(17)13-5-7-14(18-3)8-6-13;1-16-10-4-2-3-5-11-17-14-8-6-13(12-15)7-9-14;1-2-3-4/h4-10H,1-3H3;6-9,12H,2-5,10-11H2,1H3;2-3H,1H2. The average Bonchev–Trinajstić information content (AvgIpc) is 2.99. The number of esters is 1. The number of unbranched alkanes of at least 4 members (excludes halogenated alkanes) is 3. The second kappa shape index (κ2) is 20.7. The number of carbonyl (C=O) groups is 3. The molecule has 0 fully saturated rings. The largest absolute Gasteiger partial charge is 0.497 e. The molecule has 0 saturated carbocycles. The van der Waals surface area contributed by atoms with E-state index in [2.05, 4.69) is 6.58 Å². The molecule has 0 atom stereocenters. The van der Waals surface area contributed by atoms with Crippen LogP contribution in [0.25, 0.3) is 0 Å². The highest BCUT2D eigenvalue weighted by Crippen LogP contribution is 2.21. The summed E-state index contributed by atoms with van der Waals surface area (Å²) in [6.07, 6.45) is 7.18. The molecule has 3 aromatic rings. The third-order valence-corrected chi connectivity index (χ3v) is 5.48.